The number of nitrogens with zero attached hydrogens (tertiary/aromatic N) is 2. The van der Waals surface area contributed by atoms with E-state index in [0.29, 0.717) is 11.4 Å². The molecule has 0 aliphatic carbocycles. The second-order valence-electron chi connectivity index (χ2n) is 3.70. The summed E-state index contributed by atoms with van der Waals surface area (Å²) in [6.45, 7) is 0. The van der Waals surface area contributed by atoms with E-state index in [4.69, 9.17) is 29.6 Å². The van der Waals surface area contributed by atoms with Gasteiger partial charge in [0.1, 0.15) is 4.64 Å². The first kappa shape index (κ1) is 13.8. The first-order valence-corrected chi connectivity index (χ1v) is 5.79. The monoisotopic (exact) mass is 305 g/mol. The number of anilines is 1. The van der Waals surface area contributed by atoms with E-state index in [0.717, 1.165) is 12.1 Å². The lowest BCUT2D eigenvalue weighted by molar-refractivity contribution is -0.137. The number of hydrogen-bond donors (Lipinski definition) is 1. The first-order chi connectivity index (χ1) is 8.79. The van der Waals surface area contributed by atoms with Crippen molar-refractivity contribution in [2.24, 2.45) is 0 Å². The third kappa shape index (κ3) is 2.87. The number of benzene rings is 1. The molecule has 1 aromatic carbocycles. The van der Waals surface area contributed by atoms with Crippen molar-refractivity contribution in [1.82, 2.24) is 9.78 Å². The van der Waals surface area contributed by atoms with E-state index < -0.39 is 16.8 Å². The minimum atomic E-state index is -4.49. The fourth-order valence-electron chi connectivity index (χ4n) is 1.48. The number of rotatable bonds is 1. The van der Waals surface area contributed by atoms with E-state index in [1.165, 1.54) is 23.0 Å². The van der Waals surface area contributed by atoms with E-state index in [-0.39, 0.29) is 4.64 Å². The van der Waals surface area contributed by atoms with E-state index >= 15 is 0 Å². The molecule has 100 valence electrons. The maximum atomic E-state index is 12.6. The molecule has 1 aromatic heterocycles. The van der Waals surface area contributed by atoms with Gasteiger partial charge in [-0.3, -0.25) is 0 Å². The van der Waals surface area contributed by atoms with Crippen molar-refractivity contribution < 1.29 is 13.2 Å². The van der Waals surface area contributed by atoms with Gasteiger partial charge in [0, 0.05) is 0 Å². The Hall–Kier alpha value is -1.60. The van der Waals surface area contributed by atoms with Gasteiger partial charge in [0.15, 0.2) is 0 Å². The lowest BCUT2D eigenvalue weighted by Gasteiger charge is -2.11. The van der Waals surface area contributed by atoms with Crippen molar-refractivity contribution in [3.05, 3.63) is 45.7 Å². The molecule has 0 saturated heterocycles. The molecule has 2 aromatic rings. The number of nitrogens with two attached hydrogens (primary N) is 1. The third-order valence-corrected chi connectivity index (χ3v) is 2.93. The van der Waals surface area contributed by atoms with Crippen LogP contribution in [0.2, 0.25) is 5.02 Å². The molecule has 0 aliphatic rings. The van der Waals surface area contributed by atoms with Crippen molar-refractivity contribution >= 4 is 29.5 Å². The predicted molar refractivity (Wildman–Crippen MR) is 68.8 cm³/mol. The number of nitrogen functional groups attached to an aromatic ring is 1. The Labute approximate surface area is 116 Å². The molecule has 0 radical (unpaired) electrons. The summed E-state index contributed by atoms with van der Waals surface area (Å²) in [4.78, 5) is 0. The lowest BCUT2D eigenvalue weighted by Crippen LogP contribution is -2.08. The standard InChI is InChI=1S/C11H7ClF3N3S/c12-9-4-7(1-2-8(9)11(13,14)15)18-10(19)3-6(16)5-17-18/h1-5H,16H2. The molecule has 0 bridgehead atoms. The topological polar surface area (TPSA) is 43.8 Å². The zero-order valence-electron chi connectivity index (χ0n) is 9.28. The van der Waals surface area contributed by atoms with Crippen LogP contribution in [0, 0.1) is 4.64 Å². The van der Waals surface area contributed by atoms with Gasteiger partial charge in [-0.05, 0) is 24.3 Å². The molecular weight excluding hydrogens is 299 g/mol. The first-order valence-electron chi connectivity index (χ1n) is 5.01. The van der Waals surface area contributed by atoms with Crippen molar-refractivity contribution in [2.45, 2.75) is 6.18 Å². The number of alkyl halides is 3. The average molecular weight is 306 g/mol. The minimum absolute atomic E-state index is 0.274. The van der Waals surface area contributed by atoms with E-state index in [9.17, 15) is 13.2 Å². The largest absolute Gasteiger partial charge is 0.417 e. The molecule has 0 saturated carbocycles. The highest BCUT2D eigenvalue weighted by Crippen LogP contribution is 2.35. The highest BCUT2D eigenvalue weighted by atomic mass is 35.5. The fourth-order valence-corrected chi connectivity index (χ4v) is 2.05. The van der Waals surface area contributed by atoms with E-state index in [1.54, 1.807) is 0 Å². The van der Waals surface area contributed by atoms with Crippen LogP contribution >= 0.6 is 23.8 Å². The van der Waals surface area contributed by atoms with Crippen molar-refractivity contribution in [3.8, 4) is 5.69 Å². The van der Waals surface area contributed by atoms with Gasteiger partial charge in [-0.25, -0.2) is 4.68 Å². The van der Waals surface area contributed by atoms with E-state index in [1.807, 2.05) is 0 Å². The molecule has 2 rings (SSSR count). The molecule has 0 atom stereocenters. The van der Waals surface area contributed by atoms with Crippen LogP contribution in [0.4, 0.5) is 18.9 Å². The summed E-state index contributed by atoms with van der Waals surface area (Å²) in [6, 6.07) is 4.77. The molecular formula is C11H7ClF3N3S. The van der Waals surface area contributed by atoms with Gasteiger partial charge in [-0.2, -0.15) is 18.3 Å². The smallest absolute Gasteiger partial charge is 0.397 e. The van der Waals surface area contributed by atoms with Gasteiger partial charge in [0.2, 0.25) is 0 Å². The van der Waals surface area contributed by atoms with Crippen LogP contribution in [-0.2, 0) is 6.18 Å². The highest BCUT2D eigenvalue weighted by molar-refractivity contribution is 7.71. The molecule has 0 aliphatic heterocycles. The molecule has 0 unspecified atom stereocenters. The average Bonchev–Trinajstić information content (AvgIpc) is 2.26. The highest BCUT2D eigenvalue weighted by Gasteiger charge is 2.33. The Morgan fingerprint density at radius 3 is 2.47 bits per heavy atom. The summed E-state index contributed by atoms with van der Waals surface area (Å²) >= 11 is 10.7. The minimum Gasteiger partial charge on any atom is -0.397 e. The molecule has 0 fully saturated rings. The van der Waals surface area contributed by atoms with Crippen molar-refractivity contribution in [3.63, 3.8) is 0 Å². The number of halogens is 4. The maximum Gasteiger partial charge on any atom is 0.417 e. The molecule has 3 nitrogen and oxygen atoms in total. The molecule has 2 N–H and O–H groups in total. The molecule has 19 heavy (non-hydrogen) atoms. The van der Waals surface area contributed by atoms with Gasteiger partial charge in [-0.15, -0.1) is 0 Å². The zero-order valence-corrected chi connectivity index (χ0v) is 10.9. The number of aromatic nitrogens is 2. The predicted octanol–water partition coefficient (Wildman–Crippen LogP) is 3.86. The van der Waals surface area contributed by atoms with Crippen molar-refractivity contribution in [1.29, 1.82) is 0 Å². The van der Waals surface area contributed by atoms with Crippen LogP contribution in [0.25, 0.3) is 5.69 Å². The Kier molecular flexibility index (Phi) is 3.51. The van der Waals surface area contributed by atoms with E-state index in [2.05, 4.69) is 5.10 Å². The summed E-state index contributed by atoms with van der Waals surface area (Å²) in [5.41, 5.74) is 5.31. The quantitative estimate of drug-likeness (QED) is 0.814. The lowest BCUT2D eigenvalue weighted by atomic mass is 10.2. The second kappa shape index (κ2) is 4.82. The summed E-state index contributed by atoms with van der Waals surface area (Å²) < 4.78 is 39.3. The normalized spacial score (nSPS) is 11.6. The summed E-state index contributed by atoms with van der Waals surface area (Å²) in [6.07, 6.45) is -3.15. The van der Waals surface area contributed by atoms with Crippen LogP contribution in [0.5, 0.6) is 0 Å². The van der Waals surface area contributed by atoms with Gasteiger partial charge in [0.05, 0.1) is 28.2 Å². The van der Waals surface area contributed by atoms with Crippen LogP contribution in [0.1, 0.15) is 5.56 Å². The zero-order chi connectivity index (χ0) is 14.2. The molecule has 1 heterocycles. The second-order valence-corrected chi connectivity index (χ2v) is 4.53. The summed E-state index contributed by atoms with van der Waals surface area (Å²) in [7, 11) is 0. The van der Waals surface area contributed by atoms with Crippen LogP contribution in [0.3, 0.4) is 0 Å². The molecule has 8 heteroatoms. The number of hydrogen-bond acceptors (Lipinski definition) is 3. The summed E-state index contributed by atoms with van der Waals surface area (Å²) in [5, 5.41) is 3.52. The van der Waals surface area contributed by atoms with Crippen molar-refractivity contribution in [2.75, 3.05) is 5.73 Å². The van der Waals surface area contributed by atoms with Crippen LogP contribution in [-0.4, -0.2) is 9.78 Å². The van der Waals surface area contributed by atoms with Gasteiger partial charge in [0.25, 0.3) is 0 Å². The fraction of sp³-hybridized carbons (Fsp3) is 0.0909. The Bertz CT molecular complexity index is 682. The third-order valence-electron chi connectivity index (χ3n) is 2.32. The Morgan fingerprint density at radius 1 is 1.26 bits per heavy atom. The van der Waals surface area contributed by atoms with Gasteiger partial charge < -0.3 is 5.73 Å². The Morgan fingerprint density at radius 2 is 1.95 bits per heavy atom. The maximum absolute atomic E-state index is 12.6. The Balaban J connectivity index is 2.54. The van der Waals surface area contributed by atoms with Crippen LogP contribution < -0.4 is 5.73 Å². The molecule has 0 amide bonds. The van der Waals surface area contributed by atoms with Gasteiger partial charge >= 0.3 is 6.18 Å². The van der Waals surface area contributed by atoms with Gasteiger partial charge in [-0.1, -0.05) is 23.8 Å². The SMILES string of the molecule is Nc1cnn(-c2ccc(C(F)(F)F)c(Cl)c2)c(=S)c1. The molecule has 0 spiro atoms. The van der Waals surface area contributed by atoms with Crippen LogP contribution in [0.15, 0.2) is 30.5 Å². The summed E-state index contributed by atoms with van der Waals surface area (Å²) in [5.74, 6) is 0.